The van der Waals surface area contributed by atoms with Crippen molar-refractivity contribution < 1.29 is 0 Å². The minimum atomic E-state index is 0. The monoisotopic (exact) mass is 289 g/mol. The highest BCUT2D eigenvalue weighted by Crippen LogP contribution is 2.22. The number of hydrogen-bond donors (Lipinski definition) is 1. The molecule has 2 fully saturated rings. The number of halogens is 3. The van der Waals surface area contributed by atoms with Crippen LogP contribution < -0.4 is 5.32 Å². The molecule has 0 amide bonds. The normalized spacial score (nSPS) is 22.5. The van der Waals surface area contributed by atoms with Gasteiger partial charge in [0.25, 0.3) is 0 Å². The minimum absolute atomic E-state index is 0. The molecule has 16 heavy (non-hydrogen) atoms. The van der Waals surface area contributed by atoms with E-state index in [2.05, 4.69) is 5.32 Å². The van der Waals surface area contributed by atoms with Crippen LogP contribution in [-0.4, -0.2) is 12.1 Å². The lowest BCUT2D eigenvalue weighted by Crippen LogP contribution is -2.40. The molecule has 0 aromatic rings. The zero-order valence-corrected chi connectivity index (χ0v) is 12.4. The van der Waals surface area contributed by atoms with Crippen molar-refractivity contribution in [2.45, 2.75) is 76.3 Å². The molecule has 1 N–H and O–H groups in total. The van der Waals surface area contributed by atoms with E-state index in [4.69, 9.17) is 0 Å². The second-order valence-electron chi connectivity index (χ2n) is 4.84. The van der Waals surface area contributed by atoms with E-state index in [0.717, 1.165) is 12.1 Å². The number of nitrogens with one attached hydrogen (secondary N) is 1. The Morgan fingerprint density at radius 3 is 1.12 bits per heavy atom. The van der Waals surface area contributed by atoms with Crippen molar-refractivity contribution in [1.82, 2.24) is 5.32 Å². The van der Waals surface area contributed by atoms with Crippen LogP contribution in [0.1, 0.15) is 64.2 Å². The molecule has 2 saturated carbocycles. The lowest BCUT2D eigenvalue weighted by atomic mass is 9.91. The Morgan fingerprint density at radius 1 is 0.500 bits per heavy atom. The van der Waals surface area contributed by atoms with Crippen molar-refractivity contribution in [1.29, 1.82) is 0 Å². The molecule has 2 aliphatic rings. The maximum Gasteiger partial charge on any atom is 0.00696 e. The van der Waals surface area contributed by atoms with E-state index >= 15 is 0 Å². The third kappa shape index (κ3) is 6.54. The quantitative estimate of drug-likeness (QED) is 0.789. The maximum absolute atomic E-state index is 3.86. The van der Waals surface area contributed by atoms with E-state index in [1.807, 2.05) is 0 Å². The summed E-state index contributed by atoms with van der Waals surface area (Å²) in [5, 5.41) is 3.86. The summed E-state index contributed by atoms with van der Waals surface area (Å²) < 4.78 is 0. The van der Waals surface area contributed by atoms with Crippen LogP contribution in [0.4, 0.5) is 0 Å². The SMILES string of the molecule is C1CCC(NC2CCCCC2)CC1.Cl.Cl.Cl. The van der Waals surface area contributed by atoms with Crippen molar-refractivity contribution in [2.75, 3.05) is 0 Å². The standard InChI is InChI=1S/C12H23N.3ClH/c1-3-7-11(8-4-1)13-12-9-5-2-6-10-12;;;/h11-13H,1-10H2;3*1H. The first-order valence-corrected chi connectivity index (χ1v) is 6.21. The van der Waals surface area contributed by atoms with Crippen LogP contribution in [0.2, 0.25) is 0 Å². The van der Waals surface area contributed by atoms with Gasteiger partial charge in [-0.05, 0) is 25.7 Å². The molecule has 0 aromatic heterocycles. The zero-order valence-electron chi connectivity index (χ0n) is 9.95. The highest BCUT2D eigenvalue weighted by atomic mass is 35.5. The lowest BCUT2D eigenvalue weighted by Gasteiger charge is -2.30. The first-order valence-electron chi connectivity index (χ1n) is 6.21. The third-order valence-electron chi connectivity index (χ3n) is 3.68. The van der Waals surface area contributed by atoms with Crippen LogP contribution in [0.25, 0.3) is 0 Å². The van der Waals surface area contributed by atoms with Gasteiger partial charge in [-0.25, -0.2) is 0 Å². The van der Waals surface area contributed by atoms with Gasteiger partial charge in [0, 0.05) is 12.1 Å². The summed E-state index contributed by atoms with van der Waals surface area (Å²) in [4.78, 5) is 0. The smallest absolute Gasteiger partial charge is 0.00696 e. The fourth-order valence-corrected chi connectivity index (χ4v) is 2.87. The second-order valence-corrected chi connectivity index (χ2v) is 4.84. The molecule has 0 bridgehead atoms. The van der Waals surface area contributed by atoms with E-state index < -0.39 is 0 Å². The van der Waals surface area contributed by atoms with Gasteiger partial charge >= 0.3 is 0 Å². The predicted molar refractivity (Wildman–Crippen MR) is 78.6 cm³/mol. The molecule has 0 heterocycles. The predicted octanol–water partition coefficient (Wildman–Crippen LogP) is 4.51. The van der Waals surface area contributed by atoms with Crippen molar-refractivity contribution in [3.05, 3.63) is 0 Å². The number of hydrogen-bond acceptors (Lipinski definition) is 1. The summed E-state index contributed by atoms with van der Waals surface area (Å²) >= 11 is 0. The Balaban J connectivity index is 0. The molecule has 0 aliphatic heterocycles. The largest absolute Gasteiger partial charge is 0.311 e. The van der Waals surface area contributed by atoms with Gasteiger partial charge in [0.05, 0.1) is 0 Å². The topological polar surface area (TPSA) is 12.0 Å². The van der Waals surface area contributed by atoms with Crippen LogP contribution in [0.15, 0.2) is 0 Å². The van der Waals surface area contributed by atoms with Crippen molar-refractivity contribution in [2.24, 2.45) is 0 Å². The van der Waals surface area contributed by atoms with Crippen LogP contribution >= 0.6 is 37.2 Å². The van der Waals surface area contributed by atoms with Gasteiger partial charge in [-0.3, -0.25) is 0 Å². The summed E-state index contributed by atoms with van der Waals surface area (Å²) in [7, 11) is 0. The highest BCUT2D eigenvalue weighted by molar-refractivity contribution is 5.86. The van der Waals surface area contributed by atoms with Crippen LogP contribution in [-0.2, 0) is 0 Å². The Kier molecular flexibility index (Phi) is 13.1. The van der Waals surface area contributed by atoms with E-state index in [0.29, 0.717) is 0 Å². The summed E-state index contributed by atoms with van der Waals surface area (Å²) in [5.41, 5.74) is 0. The summed E-state index contributed by atoms with van der Waals surface area (Å²) in [6.07, 6.45) is 14.6. The second kappa shape index (κ2) is 11.0. The Labute approximate surface area is 119 Å². The first-order chi connectivity index (χ1) is 6.45. The Hall–Kier alpha value is 0.830. The van der Waals surface area contributed by atoms with Gasteiger partial charge in [0.1, 0.15) is 0 Å². The summed E-state index contributed by atoms with van der Waals surface area (Å²) in [5.74, 6) is 0. The number of rotatable bonds is 2. The lowest BCUT2D eigenvalue weighted by molar-refractivity contribution is 0.291. The zero-order chi connectivity index (χ0) is 8.93. The van der Waals surface area contributed by atoms with Gasteiger partial charge in [0.2, 0.25) is 0 Å². The van der Waals surface area contributed by atoms with Crippen molar-refractivity contribution in [3.63, 3.8) is 0 Å². The first kappa shape index (κ1) is 19.2. The molecule has 0 aromatic carbocycles. The molecule has 2 aliphatic carbocycles. The molecular weight excluding hydrogens is 264 g/mol. The molecule has 1 nitrogen and oxygen atoms in total. The van der Waals surface area contributed by atoms with Gasteiger partial charge < -0.3 is 5.32 Å². The Morgan fingerprint density at radius 2 is 0.812 bits per heavy atom. The Bertz CT molecular complexity index is 127. The van der Waals surface area contributed by atoms with Crippen molar-refractivity contribution >= 4 is 37.2 Å². The molecule has 4 heteroatoms. The van der Waals surface area contributed by atoms with Crippen LogP contribution in [0.5, 0.6) is 0 Å². The van der Waals surface area contributed by atoms with Gasteiger partial charge in [-0.1, -0.05) is 38.5 Å². The maximum atomic E-state index is 3.86. The minimum Gasteiger partial charge on any atom is -0.311 e. The molecule has 2 rings (SSSR count). The van der Waals surface area contributed by atoms with E-state index in [1.54, 1.807) is 0 Å². The third-order valence-corrected chi connectivity index (χ3v) is 3.68. The molecular formula is C12H26Cl3N. The summed E-state index contributed by atoms with van der Waals surface area (Å²) in [6, 6.07) is 1.74. The van der Waals surface area contributed by atoms with Gasteiger partial charge in [-0.15, -0.1) is 37.2 Å². The fourth-order valence-electron chi connectivity index (χ4n) is 2.87. The average molecular weight is 291 g/mol. The molecule has 0 unspecified atom stereocenters. The average Bonchev–Trinajstić information content (AvgIpc) is 2.21. The fraction of sp³-hybridized carbons (Fsp3) is 1.00. The van der Waals surface area contributed by atoms with Gasteiger partial charge in [-0.2, -0.15) is 0 Å². The van der Waals surface area contributed by atoms with E-state index in [1.165, 1.54) is 64.2 Å². The van der Waals surface area contributed by atoms with Crippen molar-refractivity contribution in [3.8, 4) is 0 Å². The van der Waals surface area contributed by atoms with E-state index in [-0.39, 0.29) is 37.2 Å². The van der Waals surface area contributed by atoms with E-state index in [9.17, 15) is 0 Å². The molecule has 0 spiro atoms. The molecule has 0 atom stereocenters. The van der Waals surface area contributed by atoms with Crippen LogP contribution in [0.3, 0.4) is 0 Å². The van der Waals surface area contributed by atoms with Crippen LogP contribution in [0, 0.1) is 0 Å². The summed E-state index contributed by atoms with van der Waals surface area (Å²) in [6.45, 7) is 0. The van der Waals surface area contributed by atoms with Gasteiger partial charge in [0.15, 0.2) is 0 Å². The molecule has 0 saturated heterocycles. The highest BCUT2D eigenvalue weighted by Gasteiger charge is 2.19. The molecule has 100 valence electrons. The molecule has 0 radical (unpaired) electrons.